The Bertz CT molecular complexity index is 738. The maximum atomic E-state index is 13.8. The number of fused-ring (bicyclic) bond motifs is 1. The highest BCUT2D eigenvalue weighted by Crippen LogP contribution is 2.35. The van der Waals surface area contributed by atoms with Crippen molar-refractivity contribution in [2.75, 3.05) is 18.4 Å². The van der Waals surface area contributed by atoms with Crippen LogP contribution in [0.4, 0.5) is 19.0 Å². The normalized spacial score (nSPS) is 25.7. The lowest BCUT2D eigenvalue weighted by Gasteiger charge is -2.14. The topological polar surface area (TPSA) is 49.8 Å². The van der Waals surface area contributed by atoms with E-state index < -0.39 is 17.5 Å². The molecular formula is C17H17F3N4. The molecule has 0 unspecified atom stereocenters. The first-order valence-corrected chi connectivity index (χ1v) is 8.06. The molecule has 126 valence electrons. The first kappa shape index (κ1) is 15.4. The largest absolute Gasteiger partial charge is 0.366 e. The van der Waals surface area contributed by atoms with Crippen LogP contribution in [-0.4, -0.2) is 29.3 Å². The molecule has 1 saturated carbocycles. The lowest BCUT2D eigenvalue weighted by Crippen LogP contribution is -2.21. The van der Waals surface area contributed by atoms with Crippen LogP contribution in [0, 0.1) is 29.3 Å². The van der Waals surface area contributed by atoms with E-state index in [4.69, 9.17) is 0 Å². The Morgan fingerprint density at radius 3 is 2.42 bits per heavy atom. The van der Waals surface area contributed by atoms with Gasteiger partial charge in [0.2, 0.25) is 0 Å². The Morgan fingerprint density at radius 2 is 1.75 bits per heavy atom. The van der Waals surface area contributed by atoms with E-state index in [1.807, 2.05) is 0 Å². The summed E-state index contributed by atoms with van der Waals surface area (Å²) in [6.45, 7) is 2.13. The van der Waals surface area contributed by atoms with Crippen molar-refractivity contribution in [1.29, 1.82) is 0 Å². The highest BCUT2D eigenvalue weighted by molar-refractivity contribution is 5.60. The van der Waals surface area contributed by atoms with Gasteiger partial charge in [-0.25, -0.2) is 13.2 Å². The van der Waals surface area contributed by atoms with E-state index in [2.05, 4.69) is 20.8 Å². The Morgan fingerprint density at radius 1 is 1.00 bits per heavy atom. The molecule has 1 saturated heterocycles. The number of nitrogens with zero attached hydrogens (tertiary/aromatic N) is 2. The van der Waals surface area contributed by atoms with Crippen molar-refractivity contribution in [2.24, 2.45) is 11.8 Å². The van der Waals surface area contributed by atoms with Gasteiger partial charge < -0.3 is 10.6 Å². The smallest absolute Gasteiger partial charge is 0.168 e. The van der Waals surface area contributed by atoms with Crippen LogP contribution in [0.5, 0.6) is 0 Å². The molecule has 2 heterocycles. The molecule has 2 aromatic rings. The van der Waals surface area contributed by atoms with E-state index in [0.29, 0.717) is 29.8 Å². The molecule has 2 fully saturated rings. The van der Waals surface area contributed by atoms with Crippen LogP contribution in [0.25, 0.3) is 11.3 Å². The number of anilines is 1. The number of nitrogens with one attached hydrogen (secondary N) is 2. The first-order valence-electron chi connectivity index (χ1n) is 8.06. The molecule has 1 aromatic heterocycles. The van der Waals surface area contributed by atoms with Gasteiger partial charge >= 0.3 is 0 Å². The summed E-state index contributed by atoms with van der Waals surface area (Å²) >= 11 is 0. The lowest BCUT2D eigenvalue weighted by molar-refractivity contribution is 0.494. The van der Waals surface area contributed by atoms with Crippen LogP contribution in [0.15, 0.2) is 24.3 Å². The van der Waals surface area contributed by atoms with Gasteiger partial charge in [0.1, 0.15) is 11.6 Å². The zero-order valence-corrected chi connectivity index (χ0v) is 12.9. The van der Waals surface area contributed by atoms with E-state index in [-0.39, 0.29) is 11.3 Å². The van der Waals surface area contributed by atoms with Crippen molar-refractivity contribution in [3.05, 3.63) is 41.7 Å². The number of aromatic nitrogens is 2. The van der Waals surface area contributed by atoms with Gasteiger partial charge in [-0.05, 0) is 56.0 Å². The second kappa shape index (κ2) is 6.05. The summed E-state index contributed by atoms with van der Waals surface area (Å²) in [5.41, 5.74) is -0.128. The molecule has 3 atom stereocenters. The van der Waals surface area contributed by atoms with Crippen LogP contribution < -0.4 is 10.6 Å². The summed E-state index contributed by atoms with van der Waals surface area (Å²) in [6, 6.07) is 4.96. The summed E-state index contributed by atoms with van der Waals surface area (Å²) in [5.74, 6) is -1.20. The van der Waals surface area contributed by atoms with Gasteiger partial charge in [-0.3, -0.25) is 0 Å². The number of rotatable bonds is 3. The van der Waals surface area contributed by atoms with Crippen molar-refractivity contribution in [2.45, 2.75) is 18.9 Å². The van der Waals surface area contributed by atoms with Crippen molar-refractivity contribution in [3.63, 3.8) is 0 Å². The molecule has 0 amide bonds. The number of hydrogen-bond donors (Lipinski definition) is 2. The Labute approximate surface area is 137 Å². The van der Waals surface area contributed by atoms with Gasteiger partial charge in [-0.1, -0.05) is 0 Å². The summed E-state index contributed by atoms with van der Waals surface area (Å²) in [7, 11) is 0. The minimum Gasteiger partial charge on any atom is -0.366 e. The fraction of sp³-hybridized carbons (Fsp3) is 0.412. The van der Waals surface area contributed by atoms with Gasteiger partial charge in [0.05, 0.1) is 5.69 Å². The molecule has 2 aliphatic rings. The van der Waals surface area contributed by atoms with Crippen molar-refractivity contribution in [3.8, 4) is 11.3 Å². The predicted molar refractivity (Wildman–Crippen MR) is 83.8 cm³/mol. The summed E-state index contributed by atoms with van der Waals surface area (Å²) in [4.78, 5) is 0. The zero-order chi connectivity index (χ0) is 16.7. The maximum Gasteiger partial charge on any atom is 0.168 e. The molecular weight excluding hydrogens is 317 g/mol. The standard InChI is InChI=1S/C17H17F3N4/c18-11-5-13(17(20)14(19)6-11)15-1-2-16(24-23-15)22-12-3-9-7-21-8-10(9)4-12/h1-2,5-6,9-10,12,21H,3-4,7-8H2,(H,22,24)/t9-,10+,12-. The fourth-order valence-corrected chi connectivity index (χ4v) is 3.79. The number of benzene rings is 1. The molecule has 0 bridgehead atoms. The third kappa shape index (κ3) is 2.84. The van der Waals surface area contributed by atoms with E-state index in [0.717, 1.165) is 32.0 Å². The minimum atomic E-state index is -1.24. The minimum absolute atomic E-state index is 0.101. The van der Waals surface area contributed by atoms with Crippen molar-refractivity contribution < 1.29 is 13.2 Å². The van der Waals surface area contributed by atoms with Crippen LogP contribution in [0.2, 0.25) is 0 Å². The van der Waals surface area contributed by atoms with Gasteiger partial charge in [-0.2, -0.15) is 0 Å². The molecule has 4 rings (SSSR count). The molecule has 4 nitrogen and oxygen atoms in total. The molecule has 2 N–H and O–H groups in total. The molecule has 7 heteroatoms. The molecule has 1 aromatic carbocycles. The van der Waals surface area contributed by atoms with Crippen LogP contribution in [0.3, 0.4) is 0 Å². The van der Waals surface area contributed by atoms with Crippen molar-refractivity contribution in [1.82, 2.24) is 15.5 Å². The predicted octanol–water partition coefficient (Wildman–Crippen LogP) is 2.97. The Balaban J connectivity index is 1.49. The average molecular weight is 334 g/mol. The van der Waals surface area contributed by atoms with E-state index >= 15 is 0 Å². The fourth-order valence-electron chi connectivity index (χ4n) is 3.79. The first-order chi connectivity index (χ1) is 11.6. The van der Waals surface area contributed by atoms with Gasteiger partial charge in [0.15, 0.2) is 11.6 Å². The van der Waals surface area contributed by atoms with Crippen LogP contribution >= 0.6 is 0 Å². The Hall–Kier alpha value is -2.15. The van der Waals surface area contributed by atoms with E-state index in [1.165, 1.54) is 6.07 Å². The monoisotopic (exact) mass is 334 g/mol. The molecule has 1 aliphatic carbocycles. The van der Waals surface area contributed by atoms with Gasteiger partial charge in [0.25, 0.3) is 0 Å². The highest BCUT2D eigenvalue weighted by Gasteiger charge is 2.37. The SMILES string of the molecule is Fc1cc(F)c(F)c(-c2ccc(N[C@H]3C[C@H]4CNC[C@H]4C3)nn2)c1. The third-order valence-electron chi connectivity index (χ3n) is 4.94. The number of halogens is 3. The molecule has 24 heavy (non-hydrogen) atoms. The second-order valence-corrected chi connectivity index (χ2v) is 6.54. The molecule has 1 aliphatic heterocycles. The molecule has 0 spiro atoms. The maximum absolute atomic E-state index is 13.8. The zero-order valence-electron chi connectivity index (χ0n) is 12.9. The van der Waals surface area contributed by atoms with Gasteiger partial charge in [0, 0.05) is 17.7 Å². The second-order valence-electron chi connectivity index (χ2n) is 6.54. The van der Waals surface area contributed by atoms with Gasteiger partial charge in [-0.15, -0.1) is 10.2 Å². The highest BCUT2D eigenvalue weighted by atomic mass is 19.2. The van der Waals surface area contributed by atoms with Crippen molar-refractivity contribution >= 4 is 5.82 Å². The average Bonchev–Trinajstić information content (AvgIpc) is 3.13. The summed E-state index contributed by atoms with van der Waals surface area (Å²) in [6.07, 6.45) is 2.18. The Kier molecular flexibility index (Phi) is 3.88. The summed E-state index contributed by atoms with van der Waals surface area (Å²) in [5, 5.41) is 14.7. The number of hydrogen-bond acceptors (Lipinski definition) is 4. The van der Waals surface area contributed by atoms with Crippen LogP contribution in [-0.2, 0) is 0 Å². The lowest BCUT2D eigenvalue weighted by atomic mass is 10.0. The van der Waals surface area contributed by atoms with Crippen LogP contribution in [0.1, 0.15) is 12.8 Å². The third-order valence-corrected chi connectivity index (χ3v) is 4.94. The summed E-state index contributed by atoms with van der Waals surface area (Å²) < 4.78 is 40.4. The van der Waals surface area contributed by atoms with E-state index in [1.54, 1.807) is 6.07 Å². The molecule has 0 radical (unpaired) electrons. The van der Waals surface area contributed by atoms with E-state index in [9.17, 15) is 13.2 Å². The quantitative estimate of drug-likeness (QED) is 0.848.